The molecule has 168 valence electrons. The predicted molar refractivity (Wildman–Crippen MR) is 132 cm³/mol. The van der Waals surface area contributed by atoms with Crippen LogP contribution in [0.4, 0.5) is 5.82 Å². The average molecular weight is 470 g/mol. The van der Waals surface area contributed by atoms with Crippen LogP contribution in [0.5, 0.6) is 0 Å². The van der Waals surface area contributed by atoms with Gasteiger partial charge in [-0.3, -0.25) is 9.69 Å². The zero-order chi connectivity index (χ0) is 21.9. The van der Waals surface area contributed by atoms with E-state index in [0.717, 1.165) is 84.3 Å². The van der Waals surface area contributed by atoms with E-state index >= 15 is 0 Å². The van der Waals surface area contributed by atoms with Gasteiger partial charge in [-0.2, -0.15) is 0 Å². The van der Waals surface area contributed by atoms with Crippen molar-refractivity contribution in [2.24, 2.45) is 0 Å². The fourth-order valence-corrected chi connectivity index (χ4v) is 5.71. The molecule has 2 saturated heterocycles. The van der Waals surface area contributed by atoms with Crippen molar-refractivity contribution in [3.8, 4) is 11.1 Å². The summed E-state index contributed by atoms with van der Waals surface area (Å²) in [5, 5.41) is 3.99. The number of aromatic nitrogens is 2. The van der Waals surface area contributed by atoms with Crippen molar-refractivity contribution in [2.45, 2.75) is 25.7 Å². The zero-order valence-electron chi connectivity index (χ0n) is 18.2. The molecule has 0 bridgehead atoms. The third kappa shape index (κ3) is 4.60. The highest BCUT2D eigenvalue weighted by Crippen LogP contribution is 2.38. The minimum atomic E-state index is 0.285. The number of carbonyl (C=O) groups excluding carboxylic acids is 1. The summed E-state index contributed by atoms with van der Waals surface area (Å²) in [4.78, 5) is 29.7. The number of anilines is 1. The van der Waals surface area contributed by atoms with Crippen LogP contribution in [-0.2, 0) is 4.79 Å². The van der Waals surface area contributed by atoms with Crippen molar-refractivity contribution >= 4 is 44.9 Å². The number of nitrogens with zero attached hydrogens (tertiary/aromatic N) is 5. The van der Waals surface area contributed by atoms with Gasteiger partial charge in [0.2, 0.25) is 5.91 Å². The number of piperazine rings is 1. The van der Waals surface area contributed by atoms with E-state index in [2.05, 4.69) is 30.0 Å². The lowest BCUT2D eigenvalue weighted by Crippen LogP contribution is -2.50. The maximum atomic E-state index is 12.8. The van der Waals surface area contributed by atoms with E-state index in [1.807, 2.05) is 24.3 Å². The van der Waals surface area contributed by atoms with Gasteiger partial charge in [-0.1, -0.05) is 36.6 Å². The van der Waals surface area contributed by atoms with E-state index in [1.54, 1.807) is 17.7 Å². The van der Waals surface area contributed by atoms with Gasteiger partial charge in [-0.15, -0.1) is 11.3 Å². The number of fused-ring (bicyclic) bond motifs is 1. The molecule has 32 heavy (non-hydrogen) atoms. The number of carbonyl (C=O) groups is 1. The van der Waals surface area contributed by atoms with Crippen molar-refractivity contribution in [1.82, 2.24) is 19.8 Å². The minimum absolute atomic E-state index is 0.285. The summed E-state index contributed by atoms with van der Waals surface area (Å²) in [5.74, 6) is 1.27. The summed E-state index contributed by atoms with van der Waals surface area (Å²) < 4.78 is 0. The van der Waals surface area contributed by atoms with Crippen LogP contribution in [0.25, 0.3) is 21.3 Å². The predicted octanol–water partition coefficient (Wildman–Crippen LogP) is 4.54. The van der Waals surface area contributed by atoms with E-state index in [4.69, 9.17) is 11.6 Å². The zero-order valence-corrected chi connectivity index (χ0v) is 19.7. The lowest BCUT2D eigenvalue weighted by atomic mass is 10.1. The summed E-state index contributed by atoms with van der Waals surface area (Å²) >= 11 is 7.74. The van der Waals surface area contributed by atoms with Crippen LogP contribution in [0.1, 0.15) is 25.7 Å². The molecule has 0 atom stereocenters. The molecule has 0 N–H and O–H groups in total. The molecule has 1 aromatic carbocycles. The van der Waals surface area contributed by atoms with Gasteiger partial charge in [0, 0.05) is 55.2 Å². The van der Waals surface area contributed by atoms with Gasteiger partial charge in [0.25, 0.3) is 0 Å². The smallest absolute Gasteiger partial charge is 0.236 e. The monoisotopic (exact) mass is 469 g/mol. The number of likely N-dealkylation sites (tertiary alicyclic amines) is 1. The molecular formula is C24H28ClN5OS. The minimum Gasteiger partial charge on any atom is -0.353 e. The normalized spacial score (nSPS) is 18.2. The summed E-state index contributed by atoms with van der Waals surface area (Å²) in [7, 11) is 0. The number of amides is 1. The van der Waals surface area contributed by atoms with Crippen LogP contribution in [-0.4, -0.2) is 71.5 Å². The van der Waals surface area contributed by atoms with Crippen LogP contribution in [0.2, 0.25) is 5.02 Å². The molecular weight excluding hydrogens is 442 g/mol. The summed E-state index contributed by atoms with van der Waals surface area (Å²) in [6.07, 6.45) is 6.43. The van der Waals surface area contributed by atoms with Crippen molar-refractivity contribution < 1.29 is 4.79 Å². The van der Waals surface area contributed by atoms with Gasteiger partial charge >= 0.3 is 0 Å². The van der Waals surface area contributed by atoms with Crippen molar-refractivity contribution in [3.05, 3.63) is 41.0 Å². The standard InChI is InChI=1S/C24H28ClN5OS/c25-19-7-5-18(6-8-19)20-16-32-24-22(20)23(26-17-27-24)30-13-11-28(12-14-30)15-21(31)29-9-3-1-2-4-10-29/h5-8,16-17H,1-4,9-15H2. The topological polar surface area (TPSA) is 52.6 Å². The van der Waals surface area contributed by atoms with Gasteiger partial charge < -0.3 is 9.80 Å². The molecule has 0 aliphatic carbocycles. The Labute approximate surface area is 197 Å². The Balaban J connectivity index is 1.29. The van der Waals surface area contributed by atoms with Crippen LogP contribution in [0.15, 0.2) is 36.0 Å². The molecule has 3 aromatic rings. The number of halogens is 1. The van der Waals surface area contributed by atoms with E-state index in [1.165, 1.54) is 12.8 Å². The number of benzene rings is 1. The molecule has 0 radical (unpaired) electrons. The third-order valence-electron chi connectivity index (χ3n) is 6.49. The highest BCUT2D eigenvalue weighted by molar-refractivity contribution is 7.17. The molecule has 0 spiro atoms. The Kier molecular flexibility index (Phi) is 6.57. The largest absolute Gasteiger partial charge is 0.353 e. The van der Waals surface area contributed by atoms with Crippen LogP contribution >= 0.6 is 22.9 Å². The molecule has 0 unspecified atom stereocenters. The van der Waals surface area contributed by atoms with Gasteiger partial charge in [-0.25, -0.2) is 9.97 Å². The third-order valence-corrected chi connectivity index (χ3v) is 7.63. The van der Waals surface area contributed by atoms with Gasteiger partial charge in [0.15, 0.2) is 0 Å². The van der Waals surface area contributed by atoms with E-state index in [0.29, 0.717) is 6.54 Å². The lowest BCUT2D eigenvalue weighted by Gasteiger charge is -2.36. The summed E-state index contributed by atoms with van der Waals surface area (Å²) in [6.45, 7) is 5.82. The highest BCUT2D eigenvalue weighted by Gasteiger charge is 2.25. The Morgan fingerprint density at radius 2 is 1.66 bits per heavy atom. The van der Waals surface area contributed by atoms with Crippen molar-refractivity contribution in [2.75, 3.05) is 50.7 Å². The molecule has 8 heteroatoms. The van der Waals surface area contributed by atoms with Crippen molar-refractivity contribution in [1.29, 1.82) is 0 Å². The lowest BCUT2D eigenvalue weighted by molar-refractivity contribution is -0.132. The Morgan fingerprint density at radius 3 is 2.38 bits per heavy atom. The Morgan fingerprint density at radius 1 is 0.938 bits per heavy atom. The molecule has 2 aromatic heterocycles. The molecule has 1 amide bonds. The maximum absolute atomic E-state index is 12.8. The molecule has 0 saturated carbocycles. The van der Waals surface area contributed by atoms with Gasteiger partial charge in [0.05, 0.1) is 11.9 Å². The fraction of sp³-hybridized carbons (Fsp3) is 0.458. The SMILES string of the molecule is O=C(CN1CCN(c2ncnc3scc(-c4ccc(Cl)cc4)c23)CC1)N1CCCCCC1. The highest BCUT2D eigenvalue weighted by atomic mass is 35.5. The van der Waals surface area contributed by atoms with E-state index in [-0.39, 0.29) is 5.91 Å². The van der Waals surface area contributed by atoms with Crippen molar-refractivity contribution in [3.63, 3.8) is 0 Å². The fourth-order valence-electron chi connectivity index (χ4n) is 4.67. The van der Waals surface area contributed by atoms with E-state index < -0.39 is 0 Å². The first-order valence-corrected chi connectivity index (χ1v) is 12.7. The average Bonchev–Trinajstić information content (AvgIpc) is 3.06. The van der Waals surface area contributed by atoms with Crippen LogP contribution in [0.3, 0.4) is 0 Å². The molecule has 6 nitrogen and oxygen atoms in total. The number of hydrogen-bond donors (Lipinski definition) is 0. The first-order chi connectivity index (χ1) is 15.7. The van der Waals surface area contributed by atoms with E-state index in [9.17, 15) is 4.79 Å². The molecule has 2 aliphatic rings. The van der Waals surface area contributed by atoms with Crippen LogP contribution < -0.4 is 4.90 Å². The molecule has 2 fully saturated rings. The Hall–Kier alpha value is -2.22. The second-order valence-electron chi connectivity index (χ2n) is 8.59. The summed E-state index contributed by atoms with van der Waals surface area (Å²) in [6, 6.07) is 7.94. The van der Waals surface area contributed by atoms with Gasteiger partial charge in [-0.05, 0) is 30.5 Å². The second-order valence-corrected chi connectivity index (χ2v) is 9.89. The second kappa shape index (κ2) is 9.73. The molecule has 4 heterocycles. The number of rotatable bonds is 4. The summed E-state index contributed by atoms with van der Waals surface area (Å²) in [5.41, 5.74) is 2.27. The number of thiophene rings is 1. The quantitative estimate of drug-likeness (QED) is 0.561. The first-order valence-electron chi connectivity index (χ1n) is 11.4. The first kappa shape index (κ1) is 21.6. The molecule has 2 aliphatic heterocycles. The number of hydrogen-bond acceptors (Lipinski definition) is 6. The molecule has 5 rings (SSSR count). The Bertz CT molecular complexity index is 1070. The van der Waals surface area contributed by atoms with Gasteiger partial charge in [0.1, 0.15) is 17.0 Å². The van der Waals surface area contributed by atoms with Crippen LogP contribution in [0, 0.1) is 0 Å². The maximum Gasteiger partial charge on any atom is 0.236 e.